The maximum atomic E-state index is 12.7. The predicted octanol–water partition coefficient (Wildman–Crippen LogP) is 3.46. The lowest BCUT2D eigenvalue weighted by molar-refractivity contribution is -0.132. The van der Waals surface area contributed by atoms with E-state index < -0.39 is 6.61 Å². The van der Waals surface area contributed by atoms with Gasteiger partial charge >= 0.3 is 6.61 Å². The first-order chi connectivity index (χ1) is 14.9. The first-order valence-corrected chi connectivity index (χ1v) is 9.77. The first-order valence-electron chi connectivity index (χ1n) is 9.77. The number of ether oxygens (including phenoxy) is 3. The smallest absolute Gasteiger partial charge is 0.387 e. The van der Waals surface area contributed by atoms with Gasteiger partial charge in [0.25, 0.3) is 0 Å². The van der Waals surface area contributed by atoms with Crippen LogP contribution < -0.4 is 19.1 Å². The summed E-state index contributed by atoms with van der Waals surface area (Å²) in [5.74, 6) is 0.329. The minimum atomic E-state index is -2.99. The zero-order valence-corrected chi connectivity index (χ0v) is 17.3. The van der Waals surface area contributed by atoms with Crippen LogP contribution in [0.4, 0.5) is 14.5 Å². The molecule has 0 atom stereocenters. The van der Waals surface area contributed by atoms with E-state index in [0.29, 0.717) is 30.2 Å². The Labute approximate surface area is 179 Å². The summed E-state index contributed by atoms with van der Waals surface area (Å²) in [7, 11) is 2.95. The second-order valence-corrected chi connectivity index (χ2v) is 6.98. The molecule has 2 amide bonds. The first kappa shape index (κ1) is 22.3. The number of fused-ring (bicyclic) bond motifs is 1. The van der Waals surface area contributed by atoms with Gasteiger partial charge in [-0.1, -0.05) is 18.2 Å². The van der Waals surface area contributed by atoms with Crippen molar-refractivity contribution >= 4 is 17.5 Å². The van der Waals surface area contributed by atoms with Crippen molar-refractivity contribution in [1.29, 1.82) is 0 Å². The molecule has 0 saturated carbocycles. The van der Waals surface area contributed by atoms with Crippen molar-refractivity contribution in [1.82, 2.24) is 4.90 Å². The fourth-order valence-corrected chi connectivity index (χ4v) is 3.34. The Bertz CT molecular complexity index is 938. The maximum Gasteiger partial charge on any atom is 0.387 e. The lowest BCUT2D eigenvalue weighted by atomic mass is 10.1. The van der Waals surface area contributed by atoms with Gasteiger partial charge in [-0.25, -0.2) is 0 Å². The van der Waals surface area contributed by atoms with Crippen LogP contribution in [0.25, 0.3) is 0 Å². The van der Waals surface area contributed by atoms with Crippen LogP contribution in [0.1, 0.15) is 18.4 Å². The molecule has 3 rings (SSSR count). The Morgan fingerprint density at radius 2 is 1.94 bits per heavy atom. The fraction of sp³-hybridized carbons (Fsp3) is 0.364. The molecule has 0 saturated heterocycles. The summed E-state index contributed by atoms with van der Waals surface area (Å²) in [6, 6.07) is 11.8. The van der Waals surface area contributed by atoms with Crippen molar-refractivity contribution in [3.8, 4) is 17.2 Å². The number of hydrogen-bond acceptors (Lipinski definition) is 5. The molecule has 7 nitrogen and oxygen atoms in total. The fourth-order valence-electron chi connectivity index (χ4n) is 3.34. The highest BCUT2D eigenvalue weighted by Crippen LogP contribution is 2.32. The topological polar surface area (TPSA) is 68.3 Å². The quantitative estimate of drug-likeness (QED) is 0.637. The number of hydrogen-bond donors (Lipinski definition) is 0. The Balaban J connectivity index is 1.57. The van der Waals surface area contributed by atoms with E-state index in [9.17, 15) is 18.4 Å². The third-order valence-corrected chi connectivity index (χ3v) is 4.87. The molecule has 0 radical (unpaired) electrons. The van der Waals surface area contributed by atoms with Gasteiger partial charge in [-0.3, -0.25) is 9.59 Å². The predicted molar refractivity (Wildman–Crippen MR) is 110 cm³/mol. The van der Waals surface area contributed by atoms with E-state index in [-0.39, 0.29) is 42.7 Å². The van der Waals surface area contributed by atoms with E-state index in [4.69, 9.17) is 9.47 Å². The zero-order chi connectivity index (χ0) is 22.4. The van der Waals surface area contributed by atoms with Crippen LogP contribution in [0.3, 0.4) is 0 Å². The molecule has 0 aromatic heterocycles. The van der Waals surface area contributed by atoms with Gasteiger partial charge in [0, 0.05) is 26.4 Å². The van der Waals surface area contributed by atoms with Gasteiger partial charge in [0.15, 0.2) is 11.5 Å². The molecule has 2 aromatic carbocycles. The van der Waals surface area contributed by atoms with E-state index in [1.165, 1.54) is 24.1 Å². The normalized spacial score (nSPS) is 12.7. The Kier molecular flexibility index (Phi) is 7.28. The highest BCUT2D eigenvalue weighted by atomic mass is 19.3. The van der Waals surface area contributed by atoms with E-state index in [0.717, 1.165) is 0 Å². The second-order valence-electron chi connectivity index (χ2n) is 6.98. The summed E-state index contributed by atoms with van der Waals surface area (Å²) in [5.41, 5.74) is 1.30. The van der Waals surface area contributed by atoms with Crippen LogP contribution in [-0.2, 0) is 16.1 Å². The number of nitrogens with zero attached hydrogens (tertiary/aromatic N) is 2. The van der Waals surface area contributed by atoms with Crippen LogP contribution in [0.15, 0.2) is 42.5 Å². The van der Waals surface area contributed by atoms with E-state index >= 15 is 0 Å². The summed E-state index contributed by atoms with van der Waals surface area (Å²) in [6.07, 6.45) is 0.0886. The molecular weight excluding hydrogens is 410 g/mol. The molecule has 166 valence electrons. The Morgan fingerprint density at radius 1 is 1.16 bits per heavy atom. The molecule has 2 aromatic rings. The van der Waals surface area contributed by atoms with Gasteiger partial charge in [0.2, 0.25) is 11.8 Å². The third kappa shape index (κ3) is 5.62. The summed E-state index contributed by atoms with van der Waals surface area (Å²) >= 11 is 0. The number of amides is 2. The monoisotopic (exact) mass is 434 g/mol. The molecular formula is C22H24F2N2O5. The number of rotatable bonds is 8. The highest BCUT2D eigenvalue weighted by Gasteiger charge is 2.24. The average Bonchev–Trinajstić information content (AvgIpc) is 2.76. The molecule has 31 heavy (non-hydrogen) atoms. The Morgan fingerprint density at radius 3 is 2.68 bits per heavy atom. The number of anilines is 1. The number of alkyl halides is 2. The second kappa shape index (κ2) is 10.1. The third-order valence-electron chi connectivity index (χ3n) is 4.87. The zero-order valence-electron chi connectivity index (χ0n) is 17.3. The van der Waals surface area contributed by atoms with Crippen molar-refractivity contribution in [2.75, 3.05) is 32.2 Å². The maximum absolute atomic E-state index is 12.7. The minimum Gasteiger partial charge on any atom is -0.493 e. The largest absolute Gasteiger partial charge is 0.493 e. The van der Waals surface area contributed by atoms with E-state index in [2.05, 4.69) is 4.74 Å². The molecule has 0 N–H and O–H groups in total. The van der Waals surface area contributed by atoms with Gasteiger partial charge < -0.3 is 24.0 Å². The summed E-state index contributed by atoms with van der Waals surface area (Å²) in [5, 5.41) is 0. The summed E-state index contributed by atoms with van der Waals surface area (Å²) in [6.45, 7) is -1.98. The van der Waals surface area contributed by atoms with Crippen molar-refractivity contribution in [2.45, 2.75) is 26.0 Å². The Hall–Kier alpha value is -3.36. The number of carbonyl (C=O) groups is 2. The van der Waals surface area contributed by atoms with Crippen molar-refractivity contribution in [3.63, 3.8) is 0 Å². The van der Waals surface area contributed by atoms with Crippen molar-refractivity contribution < 1.29 is 32.6 Å². The number of methoxy groups -OCH3 is 1. The van der Waals surface area contributed by atoms with Gasteiger partial charge in [0.05, 0.1) is 19.3 Å². The molecule has 0 bridgehead atoms. The molecule has 0 unspecified atom stereocenters. The van der Waals surface area contributed by atoms with Crippen LogP contribution in [-0.4, -0.2) is 50.6 Å². The molecule has 0 aliphatic carbocycles. The number of carbonyl (C=O) groups excluding carboxylic acids is 2. The van der Waals surface area contributed by atoms with E-state index in [1.54, 1.807) is 24.1 Å². The van der Waals surface area contributed by atoms with Gasteiger partial charge in [-0.15, -0.1) is 0 Å². The van der Waals surface area contributed by atoms with E-state index in [1.807, 2.05) is 18.2 Å². The lowest BCUT2D eigenvalue weighted by Gasteiger charge is -2.29. The van der Waals surface area contributed by atoms with Gasteiger partial charge in [-0.05, 0) is 29.8 Å². The molecule has 0 spiro atoms. The molecule has 1 aliphatic rings. The van der Waals surface area contributed by atoms with Gasteiger partial charge in [-0.2, -0.15) is 8.78 Å². The molecule has 0 fully saturated rings. The number of halogens is 2. The highest BCUT2D eigenvalue weighted by molar-refractivity contribution is 5.97. The molecule has 1 heterocycles. The molecule has 1 aliphatic heterocycles. The van der Waals surface area contributed by atoms with Crippen molar-refractivity contribution in [2.24, 2.45) is 0 Å². The van der Waals surface area contributed by atoms with Crippen LogP contribution >= 0.6 is 0 Å². The summed E-state index contributed by atoms with van der Waals surface area (Å²) < 4.78 is 40.2. The standard InChI is InChI=1S/C22H24F2N2O5/c1-25(14-15-7-8-18(29-2)19(13-15)31-22(23)24)20(27)9-10-21(28)26-11-12-30-17-6-4-3-5-16(17)26/h3-8,13,22H,9-12,14H2,1-2H3. The van der Waals surface area contributed by atoms with Gasteiger partial charge in [0.1, 0.15) is 12.4 Å². The summed E-state index contributed by atoms with van der Waals surface area (Å²) in [4.78, 5) is 28.3. The SMILES string of the molecule is COc1ccc(CN(C)C(=O)CCC(=O)N2CCOc3ccccc32)cc1OC(F)F. The van der Waals surface area contributed by atoms with Crippen LogP contribution in [0, 0.1) is 0 Å². The van der Waals surface area contributed by atoms with Crippen LogP contribution in [0.2, 0.25) is 0 Å². The molecule has 9 heteroatoms. The number of para-hydroxylation sites is 2. The average molecular weight is 434 g/mol. The lowest BCUT2D eigenvalue weighted by Crippen LogP contribution is -2.38. The van der Waals surface area contributed by atoms with Crippen molar-refractivity contribution in [3.05, 3.63) is 48.0 Å². The number of benzene rings is 2. The minimum absolute atomic E-state index is 0.0331. The van der Waals surface area contributed by atoms with Crippen LogP contribution in [0.5, 0.6) is 17.2 Å².